The number of aryl methyl sites for hydroxylation is 3. The summed E-state index contributed by atoms with van der Waals surface area (Å²) in [6.07, 6.45) is 3.26. The molecule has 2 rings (SSSR count). The Kier molecular flexibility index (Phi) is 4.04. The molecule has 0 bridgehead atoms. The molecule has 0 aliphatic carbocycles. The summed E-state index contributed by atoms with van der Waals surface area (Å²) in [6, 6.07) is 1.59. The average molecular weight is 293 g/mol. The van der Waals surface area contributed by atoms with Crippen molar-refractivity contribution in [2.45, 2.75) is 13.8 Å². The zero-order valence-electron chi connectivity index (χ0n) is 11.4. The highest BCUT2D eigenvalue weighted by atomic mass is 32.1. The number of thiocarbonyl (C=S) groups is 1. The molecular formula is C12H15N5O2S. The Morgan fingerprint density at radius 2 is 2.15 bits per heavy atom. The van der Waals surface area contributed by atoms with Crippen LogP contribution in [-0.2, 0) is 7.05 Å². The number of hydrogen-bond donors (Lipinski definition) is 3. The zero-order chi connectivity index (χ0) is 14.7. The van der Waals surface area contributed by atoms with Gasteiger partial charge in [0.05, 0.1) is 23.2 Å². The van der Waals surface area contributed by atoms with Gasteiger partial charge in [0.1, 0.15) is 5.76 Å². The summed E-state index contributed by atoms with van der Waals surface area (Å²) < 4.78 is 6.73. The largest absolute Gasteiger partial charge is 0.469 e. The molecule has 20 heavy (non-hydrogen) atoms. The number of furan rings is 1. The minimum absolute atomic E-state index is 0.274. The van der Waals surface area contributed by atoms with Gasteiger partial charge in [-0.1, -0.05) is 0 Å². The van der Waals surface area contributed by atoms with Gasteiger partial charge in [0, 0.05) is 13.2 Å². The third-order valence-electron chi connectivity index (χ3n) is 2.65. The Bertz CT molecular complexity index is 646. The van der Waals surface area contributed by atoms with Gasteiger partial charge in [-0.3, -0.25) is 20.3 Å². The average Bonchev–Trinajstić information content (AvgIpc) is 2.93. The molecule has 0 fully saturated rings. The van der Waals surface area contributed by atoms with Crippen LogP contribution in [0.3, 0.4) is 0 Å². The van der Waals surface area contributed by atoms with E-state index in [0.29, 0.717) is 11.3 Å². The van der Waals surface area contributed by atoms with Crippen LogP contribution in [0.5, 0.6) is 0 Å². The predicted octanol–water partition coefficient (Wildman–Crippen LogP) is 1.26. The lowest BCUT2D eigenvalue weighted by molar-refractivity contribution is 0.0942. The lowest BCUT2D eigenvalue weighted by Crippen LogP contribution is -2.43. The van der Waals surface area contributed by atoms with Crippen LogP contribution in [0.4, 0.5) is 5.69 Å². The molecule has 7 nitrogen and oxygen atoms in total. The summed E-state index contributed by atoms with van der Waals surface area (Å²) in [6.45, 7) is 3.57. The number of rotatable bonds is 2. The number of carbonyl (C=O) groups excluding carboxylic acids is 1. The van der Waals surface area contributed by atoms with Crippen molar-refractivity contribution in [2.24, 2.45) is 7.05 Å². The predicted molar refractivity (Wildman–Crippen MR) is 78.2 cm³/mol. The maximum absolute atomic E-state index is 11.8. The normalized spacial score (nSPS) is 10.2. The van der Waals surface area contributed by atoms with Crippen LogP contribution >= 0.6 is 12.2 Å². The molecular weight excluding hydrogens is 278 g/mol. The van der Waals surface area contributed by atoms with Crippen LogP contribution < -0.4 is 16.2 Å². The van der Waals surface area contributed by atoms with Crippen LogP contribution in [0.25, 0.3) is 0 Å². The number of anilines is 1. The fourth-order valence-electron chi connectivity index (χ4n) is 1.68. The molecule has 0 aliphatic heterocycles. The zero-order valence-corrected chi connectivity index (χ0v) is 12.2. The van der Waals surface area contributed by atoms with E-state index in [2.05, 4.69) is 21.3 Å². The van der Waals surface area contributed by atoms with Gasteiger partial charge in [-0.2, -0.15) is 5.10 Å². The number of hydrazine groups is 1. The van der Waals surface area contributed by atoms with E-state index in [4.69, 9.17) is 16.6 Å². The van der Waals surface area contributed by atoms with Crippen molar-refractivity contribution in [3.05, 3.63) is 35.5 Å². The van der Waals surface area contributed by atoms with E-state index in [1.54, 1.807) is 23.9 Å². The van der Waals surface area contributed by atoms with Crippen LogP contribution in [0.15, 0.2) is 22.9 Å². The number of nitrogens with one attached hydrogen (secondary N) is 3. The van der Waals surface area contributed by atoms with Gasteiger partial charge in [-0.05, 0) is 32.1 Å². The van der Waals surface area contributed by atoms with Gasteiger partial charge >= 0.3 is 0 Å². The van der Waals surface area contributed by atoms with Crippen LogP contribution in [0.1, 0.15) is 21.8 Å². The second kappa shape index (κ2) is 5.74. The SMILES string of the molecule is Cc1nn(C)cc1NC(=S)NNC(=O)c1ccoc1C. The molecule has 0 radical (unpaired) electrons. The summed E-state index contributed by atoms with van der Waals surface area (Å²) in [4.78, 5) is 11.8. The van der Waals surface area contributed by atoms with Crippen LogP contribution in [-0.4, -0.2) is 20.8 Å². The van der Waals surface area contributed by atoms with Crippen molar-refractivity contribution in [3.63, 3.8) is 0 Å². The number of amides is 1. The van der Waals surface area contributed by atoms with Gasteiger partial charge in [-0.25, -0.2) is 0 Å². The Balaban J connectivity index is 1.88. The molecule has 0 unspecified atom stereocenters. The standard InChI is InChI=1S/C12H15N5O2S/c1-7-10(6-17(3)16-7)13-12(20)15-14-11(18)9-4-5-19-8(9)2/h4-6H,1-3H3,(H,14,18)(H2,13,15,20). The summed E-state index contributed by atoms with van der Waals surface area (Å²) in [5.74, 6) is 0.231. The Labute approximate surface area is 121 Å². The molecule has 8 heteroatoms. The first kappa shape index (κ1) is 14.1. The topological polar surface area (TPSA) is 84.1 Å². The highest BCUT2D eigenvalue weighted by molar-refractivity contribution is 7.80. The molecule has 0 spiro atoms. The van der Waals surface area contributed by atoms with Crippen molar-refractivity contribution >= 4 is 28.9 Å². The summed E-state index contributed by atoms with van der Waals surface area (Å²) in [5, 5.41) is 7.40. The molecule has 0 aliphatic rings. The Morgan fingerprint density at radius 1 is 1.40 bits per heavy atom. The van der Waals surface area contributed by atoms with Crippen LogP contribution in [0.2, 0.25) is 0 Å². The minimum atomic E-state index is -0.316. The van der Waals surface area contributed by atoms with E-state index in [0.717, 1.165) is 11.4 Å². The molecule has 106 valence electrons. The molecule has 0 saturated carbocycles. The molecule has 2 aromatic rings. The fourth-order valence-corrected chi connectivity index (χ4v) is 1.84. The van der Waals surface area contributed by atoms with E-state index in [9.17, 15) is 4.79 Å². The highest BCUT2D eigenvalue weighted by Gasteiger charge is 2.11. The molecule has 1 amide bonds. The van der Waals surface area contributed by atoms with E-state index in [1.807, 2.05) is 14.0 Å². The highest BCUT2D eigenvalue weighted by Crippen LogP contribution is 2.11. The van der Waals surface area contributed by atoms with Gasteiger partial charge in [0.2, 0.25) is 0 Å². The maximum Gasteiger partial charge on any atom is 0.273 e. The number of aromatic nitrogens is 2. The quantitative estimate of drug-likeness (QED) is 0.571. The van der Waals surface area contributed by atoms with Crippen molar-refractivity contribution in [3.8, 4) is 0 Å². The molecule has 0 saturated heterocycles. The molecule has 0 atom stereocenters. The van der Waals surface area contributed by atoms with Gasteiger partial charge in [0.25, 0.3) is 5.91 Å². The fraction of sp³-hybridized carbons (Fsp3) is 0.250. The van der Waals surface area contributed by atoms with Crippen molar-refractivity contribution in [1.29, 1.82) is 0 Å². The van der Waals surface area contributed by atoms with Gasteiger partial charge < -0.3 is 9.73 Å². The minimum Gasteiger partial charge on any atom is -0.469 e. The smallest absolute Gasteiger partial charge is 0.273 e. The second-order valence-electron chi connectivity index (χ2n) is 4.23. The van der Waals surface area contributed by atoms with E-state index in [1.165, 1.54) is 6.26 Å². The van der Waals surface area contributed by atoms with E-state index in [-0.39, 0.29) is 11.0 Å². The third kappa shape index (κ3) is 3.15. The van der Waals surface area contributed by atoms with E-state index < -0.39 is 0 Å². The summed E-state index contributed by atoms with van der Waals surface area (Å²) in [7, 11) is 1.82. The van der Waals surface area contributed by atoms with Crippen molar-refractivity contribution < 1.29 is 9.21 Å². The Hall–Kier alpha value is -2.35. The van der Waals surface area contributed by atoms with Crippen LogP contribution in [0, 0.1) is 13.8 Å². The van der Waals surface area contributed by atoms with Crippen molar-refractivity contribution in [2.75, 3.05) is 5.32 Å². The lowest BCUT2D eigenvalue weighted by Gasteiger charge is -2.10. The van der Waals surface area contributed by atoms with Gasteiger partial charge in [-0.15, -0.1) is 0 Å². The molecule has 0 aromatic carbocycles. The number of nitrogens with zero attached hydrogens (tertiary/aromatic N) is 2. The summed E-state index contributed by atoms with van der Waals surface area (Å²) in [5.41, 5.74) is 7.16. The maximum atomic E-state index is 11.8. The molecule has 2 aromatic heterocycles. The second-order valence-corrected chi connectivity index (χ2v) is 4.63. The first-order valence-electron chi connectivity index (χ1n) is 5.89. The molecule has 3 N–H and O–H groups in total. The third-order valence-corrected chi connectivity index (χ3v) is 2.86. The number of hydrogen-bond acceptors (Lipinski definition) is 4. The lowest BCUT2D eigenvalue weighted by atomic mass is 10.2. The van der Waals surface area contributed by atoms with Crippen molar-refractivity contribution in [1.82, 2.24) is 20.6 Å². The van der Waals surface area contributed by atoms with E-state index >= 15 is 0 Å². The Morgan fingerprint density at radius 3 is 2.70 bits per heavy atom. The first-order chi connectivity index (χ1) is 9.47. The first-order valence-corrected chi connectivity index (χ1v) is 6.30. The molecule has 2 heterocycles. The van der Waals surface area contributed by atoms with Gasteiger partial charge in [0.15, 0.2) is 5.11 Å². The summed E-state index contributed by atoms with van der Waals surface area (Å²) >= 11 is 5.09. The monoisotopic (exact) mass is 293 g/mol. The number of carbonyl (C=O) groups is 1.